The Morgan fingerprint density at radius 1 is 0.491 bits per heavy atom. The van der Waals surface area contributed by atoms with Gasteiger partial charge in [-0.05, 0) is 135 Å². The molecule has 0 unspecified atom stereocenters. The molecule has 0 nitrogen and oxygen atoms in total. The van der Waals surface area contributed by atoms with Crippen LogP contribution in [-0.2, 0) is 12.8 Å². The molecule has 0 N–H and O–H groups in total. The van der Waals surface area contributed by atoms with E-state index in [0.717, 1.165) is 46.9 Å². The van der Waals surface area contributed by atoms with Gasteiger partial charge in [-0.15, -0.1) is 0 Å². The molecule has 0 aromatic heterocycles. The van der Waals surface area contributed by atoms with Gasteiger partial charge in [-0.1, -0.05) is 144 Å². The van der Waals surface area contributed by atoms with Crippen molar-refractivity contribution < 1.29 is 8.78 Å². The van der Waals surface area contributed by atoms with Gasteiger partial charge in [0, 0.05) is 34.1 Å². The molecule has 0 atom stereocenters. The Bertz CT molecular complexity index is 1860. The van der Waals surface area contributed by atoms with Gasteiger partial charge in [0.15, 0.2) is 0 Å². The van der Waals surface area contributed by atoms with Gasteiger partial charge in [-0.2, -0.15) is 0 Å². The SMILES string of the molecule is CCCCc1ccc(-c2ccc(C#CC3CCC(CC)CC3)cc2F)cc1.CCCCc1ccc(-c2ccc(C#CC3CCC(CCC)CC3)cc2F)cc1. The van der Waals surface area contributed by atoms with Crippen LogP contribution in [0.15, 0.2) is 84.9 Å². The van der Waals surface area contributed by atoms with Crippen molar-refractivity contribution in [2.24, 2.45) is 23.7 Å². The number of hydrogen-bond acceptors (Lipinski definition) is 0. The summed E-state index contributed by atoms with van der Waals surface area (Å²) in [6, 6.07) is 27.4. The number of hydrogen-bond donors (Lipinski definition) is 0. The molecule has 0 saturated heterocycles. The average molecular weight is 739 g/mol. The fourth-order valence-corrected chi connectivity index (χ4v) is 8.21. The summed E-state index contributed by atoms with van der Waals surface area (Å²) in [5, 5.41) is 0. The van der Waals surface area contributed by atoms with Gasteiger partial charge in [0.1, 0.15) is 11.6 Å². The molecule has 2 aliphatic carbocycles. The average Bonchev–Trinajstić information content (AvgIpc) is 3.22. The largest absolute Gasteiger partial charge is 0.206 e. The summed E-state index contributed by atoms with van der Waals surface area (Å²) in [4.78, 5) is 0. The molecule has 2 saturated carbocycles. The Morgan fingerprint density at radius 2 is 0.909 bits per heavy atom. The maximum atomic E-state index is 14.7. The van der Waals surface area contributed by atoms with E-state index in [1.807, 2.05) is 48.5 Å². The Morgan fingerprint density at radius 3 is 1.27 bits per heavy atom. The normalized spacial score (nSPS) is 19.2. The third kappa shape index (κ3) is 13.2. The van der Waals surface area contributed by atoms with Crippen molar-refractivity contribution in [1.82, 2.24) is 0 Å². The summed E-state index contributed by atoms with van der Waals surface area (Å²) in [6.45, 7) is 8.95. The molecule has 4 aromatic carbocycles. The second-order valence-electron chi connectivity index (χ2n) is 16.2. The minimum absolute atomic E-state index is 0.181. The quantitative estimate of drug-likeness (QED) is 0.134. The van der Waals surface area contributed by atoms with Gasteiger partial charge in [0.2, 0.25) is 0 Å². The van der Waals surface area contributed by atoms with Gasteiger partial charge < -0.3 is 0 Å². The van der Waals surface area contributed by atoms with E-state index in [9.17, 15) is 8.78 Å². The van der Waals surface area contributed by atoms with Gasteiger partial charge in [-0.25, -0.2) is 8.78 Å². The van der Waals surface area contributed by atoms with Crippen LogP contribution in [0.1, 0.15) is 146 Å². The van der Waals surface area contributed by atoms with Crippen LogP contribution in [0.25, 0.3) is 22.3 Å². The second kappa shape index (κ2) is 22.4. The smallest absolute Gasteiger partial charge is 0.132 e. The highest BCUT2D eigenvalue weighted by Gasteiger charge is 2.19. The monoisotopic (exact) mass is 738 g/mol. The van der Waals surface area contributed by atoms with Crippen LogP contribution in [0.5, 0.6) is 0 Å². The third-order valence-corrected chi connectivity index (χ3v) is 11.9. The zero-order chi connectivity index (χ0) is 38.8. The summed E-state index contributed by atoms with van der Waals surface area (Å²) >= 11 is 0. The summed E-state index contributed by atoms with van der Waals surface area (Å²) in [5.41, 5.74) is 7.41. The fraction of sp³-hybridized carbons (Fsp3) is 0.472. The topological polar surface area (TPSA) is 0 Å². The molecule has 4 aromatic rings. The third-order valence-electron chi connectivity index (χ3n) is 11.9. The van der Waals surface area contributed by atoms with Crippen molar-refractivity contribution in [2.45, 2.75) is 137 Å². The van der Waals surface area contributed by atoms with Crippen LogP contribution in [0.4, 0.5) is 8.78 Å². The first kappa shape index (κ1) is 42.0. The molecule has 0 radical (unpaired) electrons. The molecule has 0 spiro atoms. The number of aryl methyl sites for hydroxylation is 2. The highest BCUT2D eigenvalue weighted by atomic mass is 19.1. The molecule has 6 rings (SSSR count). The van der Waals surface area contributed by atoms with Crippen LogP contribution in [0.2, 0.25) is 0 Å². The fourth-order valence-electron chi connectivity index (χ4n) is 8.21. The first-order valence-corrected chi connectivity index (χ1v) is 21.7. The van der Waals surface area contributed by atoms with Crippen molar-refractivity contribution in [3.05, 3.63) is 119 Å². The molecule has 0 heterocycles. The Labute approximate surface area is 333 Å². The van der Waals surface area contributed by atoms with E-state index in [4.69, 9.17) is 0 Å². The molecule has 2 heteroatoms. The molecular weight excluding hydrogens is 675 g/mol. The minimum Gasteiger partial charge on any atom is -0.206 e. The number of halogens is 2. The van der Waals surface area contributed by atoms with Crippen molar-refractivity contribution in [3.63, 3.8) is 0 Å². The van der Waals surface area contributed by atoms with Crippen LogP contribution < -0.4 is 0 Å². The number of rotatable bonds is 11. The molecular formula is C53H64F2. The summed E-state index contributed by atoms with van der Waals surface area (Å²) in [5.74, 6) is 15.6. The lowest BCUT2D eigenvalue weighted by atomic mass is 9.80. The second-order valence-corrected chi connectivity index (χ2v) is 16.2. The van der Waals surface area contributed by atoms with E-state index in [2.05, 4.69) is 75.6 Å². The molecule has 0 amide bonds. The Kier molecular flexibility index (Phi) is 17.1. The van der Waals surface area contributed by atoms with Crippen LogP contribution >= 0.6 is 0 Å². The van der Waals surface area contributed by atoms with Gasteiger partial charge in [0.05, 0.1) is 0 Å². The van der Waals surface area contributed by atoms with E-state index in [1.165, 1.54) is 107 Å². The standard InChI is InChI=1S/C27H33F.C26H31F/c1-3-5-7-22-14-17-25(18-15-22)26-19-16-24(20-27(26)28)13-12-23-10-8-21(6-4-2)9-11-23;1-3-5-6-21-13-16-24(17-14-21)25-18-15-23(19-26(25)27)12-11-22-9-7-20(4-2)8-10-22/h14-21,23H,3-11H2,1-2H3;13-20,22H,3-10H2,1-2H3. The first-order chi connectivity index (χ1) is 26.9. The lowest BCUT2D eigenvalue weighted by Crippen LogP contribution is -2.13. The summed E-state index contributed by atoms with van der Waals surface area (Å²) in [6.07, 6.45) is 20.8. The van der Waals surface area contributed by atoms with Crippen molar-refractivity contribution in [3.8, 4) is 45.9 Å². The van der Waals surface area contributed by atoms with Gasteiger partial charge in [-0.3, -0.25) is 0 Å². The van der Waals surface area contributed by atoms with Crippen LogP contribution in [0.3, 0.4) is 0 Å². The predicted octanol–water partition coefficient (Wildman–Crippen LogP) is 15.2. The van der Waals surface area contributed by atoms with E-state index < -0.39 is 0 Å². The van der Waals surface area contributed by atoms with E-state index in [1.54, 1.807) is 12.1 Å². The van der Waals surface area contributed by atoms with E-state index >= 15 is 0 Å². The maximum absolute atomic E-state index is 14.7. The van der Waals surface area contributed by atoms with Crippen molar-refractivity contribution in [2.75, 3.05) is 0 Å². The Hall–Kier alpha value is -4.14. The maximum Gasteiger partial charge on any atom is 0.132 e. The van der Waals surface area contributed by atoms with Crippen molar-refractivity contribution in [1.29, 1.82) is 0 Å². The zero-order valence-electron chi connectivity index (χ0n) is 34.2. The van der Waals surface area contributed by atoms with Crippen LogP contribution in [0, 0.1) is 59.0 Å². The first-order valence-electron chi connectivity index (χ1n) is 21.7. The minimum atomic E-state index is -0.183. The molecule has 0 bridgehead atoms. The highest BCUT2D eigenvalue weighted by molar-refractivity contribution is 5.66. The molecule has 2 aliphatic rings. The molecule has 55 heavy (non-hydrogen) atoms. The van der Waals surface area contributed by atoms with E-state index in [0.29, 0.717) is 23.0 Å². The van der Waals surface area contributed by atoms with Crippen LogP contribution in [-0.4, -0.2) is 0 Å². The zero-order valence-corrected chi connectivity index (χ0v) is 34.2. The predicted molar refractivity (Wildman–Crippen MR) is 231 cm³/mol. The number of unbranched alkanes of at least 4 members (excludes halogenated alkanes) is 2. The summed E-state index contributed by atoms with van der Waals surface area (Å²) in [7, 11) is 0. The van der Waals surface area contributed by atoms with Gasteiger partial charge >= 0.3 is 0 Å². The molecule has 290 valence electrons. The van der Waals surface area contributed by atoms with Crippen molar-refractivity contribution >= 4 is 0 Å². The lowest BCUT2D eigenvalue weighted by molar-refractivity contribution is 0.300. The molecule has 2 fully saturated rings. The Balaban J connectivity index is 0.000000211. The lowest BCUT2D eigenvalue weighted by Gasteiger charge is -2.25. The summed E-state index contributed by atoms with van der Waals surface area (Å²) < 4.78 is 29.3. The van der Waals surface area contributed by atoms with E-state index in [-0.39, 0.29) is 11.6 Å². The van der Waals surface area contributed by atoms with Gasteiger partial charge in [0.25, 0.3) is 0 Å². The number of benzene rings is 4. The highest BCUT2D eigenvalue weighted by Crippen LogP contribution is 2.32. The molecule has 0 aliphatic heterocycles.